The largest absolute Gasteiger partial charge is 0.379 e. The van der Waals surface area contributed by atoms with Crippen molar-refractivity contribution in [2.75, 3.05) is 7.05 Å². The predicted octanol–water partition coefficient (Wildman–Crippen LogP) is 0.00850. The van der Waals surface area contributed by atoms with Crippen LogP contribution in [0.3, 0.4) is 0 Å². The van der Waals surface area contributed by atoms with Gasteiger partial charge in [-0.05, 0) is 13.8 Å². The van der Waals surface area contributed by atoms with Gasteiger partial charge in [-0.25, -0.2) is 4.98 Å². The van der Waals surface area contributed by atoms with Crippen molar-refractivity contribution in [1.82, 2.24) is 20.0 Å². The molecule has 1 aromatic rings. The van der Waals surface area contributed by atoms with Gasteiger partial charge in [0.25, 0.3) is 0 Å². The van der Waals surface area contributed by atoms with Gasteiger partial charge < -0.3 is 20.9 Å². The Kier molecular flexibility index (Phi) is 3.03. The summed E-state index contributed by atoms with van der Waals surface area (Å²) in [7, 11) is 1.69. The van der Waals surface area contributed by atoms with Crippen LogP contribution in [0, 0.1) is 0 Å². The zero-order chi connectivity index (χ0) is 12.6. The van der Waals surface area contributed by atoms with E-state index in [0.29, 0.717) is 24.7 Å². The highest BCUT2D eigenvalue weighted by Gasteiger charge is 2.28. The number of hydrazone groups is 1. The maximum Gasteiger partial charge on any atom is 0.186 e. The average Bonchev–Trinajstić information content (AvgIpc) is 2.72. The van der Waals surface area contributed by atoms with Crippen molar-refractivity contribution in [2.24, 2.45) is 10.8 Å². The lowest BCUT2D eigenvalue weighted by molar-refractivity contribution is -0.0986. The van der Waals surface area contributed by atoms with Crippen LogP contribution in [0.5, 0.6) is 0 Å². The molecule has 0 aromatic carbocycles. The lowest BCUT2D eigenvalue weighted by atomic mass is 10.3. The van der Waals surface area contributed by atoms with Gasteiger partial charge in [0, 0.05) is 13.1 Å². The number of aromatic nitrogens is 2. The first-order valence-corrected chi connectivity index (χ1v) is 5.58. The van der Waals surface area contributed by atoms with Crippen LogP contribution in [0.1, 0.15) is 37.1 Å². The normalized spacial score (nSPS) is 16.6. The molecule has 0 unspecified atom stereocenters. The third-order valence-electron chi connectivity index (χ3n) is 2.74. The van der Waals surface area contributed by atoms with Crippen LogP contribution in [-0.4, -0.2) is 32.7 Å². The highest BCUT2D eigenvalue weighted by atomic mass is 16.5. The van der Waals surface area contributed by atoms with Gasteiger partial charge in [0.1, 0.15) is 0 Å². The van der Waals surface area contributed by atoms with Crippen LogP contribution in [0.2, 0.25) is 0 Å². The number of hydrogen-bond donors (Lipinski definition) is 3. The molecular formula is C10H18N6O. The minimum atomic E-state index is 0.221. The Morgan fingerprint density at radius 2 is 2.24 bits per heavy atom. The van der Waals surface area contributed by atoms with Crippen molar-refractivity contribution >= 4 is 5.84 Å². The van der Waals surface area contributed by atoms with Crippen molar-refractivity contribution < 1.29 is 5.21 Å². The molecule has 7 heteroatoms. The van der Waals surface area contributed by atoms with E-state index in [2.05, 4.69) is 29.4 Å². The molecule has 0 radical (unpaired) electrons. The van der Waals surface area contributed by atoms with Crippen molar-refractivity contribution in [1.29, 1.82) is 0 Å². The van der Waals surface area contributed by atoms with Crippen molar-refractivity contribution in [3.8, 4) is 0 Å². The van der Waals surface area contributed by atoms with E-state index < -0.39 is 0 Å². The Hall–Kier alpha value is -1.60. The summed E-state index contributed by atoms with van der Waals surface area (Å²) in [6, 6.07) is 0.221. The molecule has 0 spiro atoms. The highest BCUT2D eigenvalue weighted by Crippen LogP contribution is 2.25. The number of fused-ring (bicyclic) bond motifs is 1. The molecule has 0 amide bonds. The molecule has 0 atom stereocenters. The van der Waals surface area contributed by atoms with E-state index in [1.54, 1.807) is 7.05 Å². The van der Waals surface area contributed by atoms with Crippen molar-refractivity contribution in [2.45, 2.75) is 33.0 Å². The van der Waals surface area contributed by atoms with Crippen LogP contribution < -0.4 is 11.2 Å². The van der Waals surface area contributed by atoms with Crippen molar-refractivity contribution in [3.63, 3.8) is 0 Å². The summed E-state index contributed by atoms with van der Waals surface area (Å²) in [5.74, 6) is 1.02. The van der Waals surface area contributed by atoms with E-state index in [-0.39, 0.29) is 6.04 Å². The second-order valence-electron chi connectivity index (χ2n) is 4.34. The maximum absolute atomic E-state index is 9.48. The third-order valence-corrected chi connectivity index (χ3v) is 2.74. The second kappa shape index (κ2) is 4.34. The summed E-state index contributed by atoms with van der Waals surface area (Å²) < 4.78 is 2.02. The summed E-state index contributed by atoms with van der Waals surface area (Å²) in [5.41, 5.74) is 10.4. The van der Waals surface area contributed by atoms with E-state index in [1.165, 1.54) is 5.06 Å². The molecule has 17 heavy (non-hydrogen) atoms. The monoisotopic (exact) mass is 238 g/mol. The molecule has 0 fully saturated rings. The Morgan fingerprint density at radius 1 is 1.53 bits per heavy atom. The number of nitrogens with zero attached hydrogens (tertiary/aromatic N) is 4. The van der Waals surface area contributed by atoms with Crippen LogP contribution in [0.4, 0.5) is 0 Å². The van der Waals surface area contributed by atoms with Gasteiger partial charge >= 0.3 is 0 Å². The fourth-order valence-electron chi connectivity index (χ4n) is 2.12. The van der Waals surface area contributed by atoms with E-state index in [0.717, 1.165) is 11.4 Å². The lowest BCUT2D eigenvalue weighted by Gasteiger charge is -2.15. The summed E-state index contributed by atoms with van der Waals surface area (Å²) in [6.07, 6.45) is 0. The zero-order valence-electron chi connectivity index (χ0n) is 10.3. The fourth-order valence-corrected chi connectivity index (χ4v) is 2.12. The number of hydrogen-bond acceptors (Lipinski definition) is 5. The quantitative estimate of drug-likeness (QED) is 0.392. The SMILES string of the molecule is CN/N=C(\N)c1nc2c(n1C(C)C)CN(O)C2. The van der Waals surface area contributed by atoms with Crippen LogP contribution >= 0.6 is 0 Å². The topological polar surface area (TPSA) is 91.7 Å². The standard InChI is InChI=1S/C10H18N6O/c1-6(2)16-8-5-15(17)4-7(8)13-10(16)9(11)14-12-3/h6,12,17H,4-5H2,1-3H3,(H2,11,14). The van der Waals surface area contributed by atoms with E-state index in [9.17, 15) is 5.21 Å². The van der Waals surface area contributed by atoms with Gasteiger partial charge in [0.2, 0.25) is 0 Å². The molecule has 1 aliphatic rings. The fraction of sp³-hybridized carbons (Fsp3) is 0.600. The molecule has 0 aliphatic carbocycles. The molecular weight excluding hydrogens is 220 g/mol. The molecule has 0 bridgehead atoms. The van der Waals surface area contributed by atoms with Gasteiger partial charge in [-0.15, -0.1) is 0 Å². The highest BCUT2D eigenvalue weighted by molar-refractivity contribution is 5.94. The number of nitrogens with one attached hydrogen (secondary N) is 1. The first kappa shape index (κ1) is 11.9. The van der Waals surface area contributed by atoms with E-state index in [4.69, 9.17) is 5.73 Å². The summed E-state index contributed by atoms with van der Waals surface area (Å²) >= 11 is 0. The van der Waals surface area contributed by atoms with Crippen LogP contribution in [0.15, 0.2) is 5.10 Å². The Labute approximate surface area is 99.9 Å². The van der Waals surface area contributed by atoms with Gasteiger partial charge in [0.15, 0.2) is 11.7 Å². The minimum absolute atomic E-state index is 0.221. The number of hydroxylamine groups is 2. The maximum atomic E-state index is 9.48. The second-order valence-corrected chi connectivity index (χ2v) is 4.34. The number of imidazole rings is 1. The van der Waals surface area contributed by atoms with Crippen LogP contribution in [-0.2, 0) is 13.1 Å². The van der Waals surface area contributed by atoms with Gasteiger partial charge in [-0.2, -0.15) is 10.2 Å². The first-order chi connectivity index (χ1) is 8.04. The molecule has 2 rings (SSSR count). The van der Waals surface area contributed by atoms with Gasteiger partial charge in [-0.1, -0.05) is 0 Å². The molecule has 0 saturated heterocycles. The smallest absolute Gasteiger partial charge is 0.186 e. The molecule has 2 heterocycles. The molecule has 94 valence electrons. The number of rotatable bonds is 3. The van der Waals surface area contributed by atoms with Crippen LogP contribution in [0.25, 0.3) is 0 Å². The Balaban J connectivity index is 2.48. The third kappa shape index (κ3) is 1.98. The number of amidine groups is 1. The van der Waals surface area contributed by atoms with E-state index >= 15 is 0 Å². The Morgan fingerprint density at radius 3 is 2.82 bits per heavy atom. The van der Waals surface area contributed by atoms with Crippen molar-refractivity contribution in [3.05, 3.63) is 17.2 Å². The predicted molar refractivity (Wildman–Crippen MR) is 63.4 cm³/mol. The molecule has 1 aromatic heterocycles. The zero-order valence-corrected chi connectivity index (χ0v) is 10.3. The van der Waals surface area contributed by atoms with Gasteiger partial charge in [0.05, 0.1) is 24.5 Å². The summed E-state index contributed by atoms with van der Waals surface area (Å²) in [5, 5.41) is 14.7. The molecule has 4 N–H and O–H groups in total. The lowest BCUT2D eigenvalue weighted by Crippen LogP contribution is -2.25. The average molecular weight is 238 g/mol. The molecule has 1 aliphatic heterocycles. The Bertz CT molecular complexity index is 450. The summed E-state index contributed by atoms with van der Waals surface area (Å²) in [6.45, 7) is 5.03. The molecule has 7 nitrogen and oxygen atoms in total. The first-order valence-electron chi connectivity index (χ1n) is 5.58. The van der Waals surface area contributed by atoms with E-state index in [1.807, 2.05) is 4.57 Å². The van der Waals surface area contributed by atoms with Gasteiger partial charge in [-0.3, -0.25) is 0 Å². The minimum Gasteiger partial charge on any atom is -0.379 e. The number of nitrogens with two attached hydrogens (primary N) is 1. The molecule has 0 saturated carbocycles. The summed E-state index contributed by atoms with van der Waals surface area (Å²) in [4.78, 5) is 4.45.